The molecule has 2 atom stereocenters. The van der Waals surface area contributed by atoms with E-state index in [2.05, 4.69) is 5.32 Å². The summed E-state index contributed by atoms with van der Waals surface area (Å²) in [7, 11) is 0. The minimum atomic E-state index is -0.316. The average Bonchev–Trinajstić information content (AvgIpc) is 2.90. The Morgan fingerprint density at radius 1 is 1.14 bits per heavy atom. The standard InChI is InChI=1S/C16H24N2O3/c19-14(11-3-1-4-11)17-9-16-7-13(8-21-16)18(10-16)15(20)12-5-2-6-12/h11-13H,1-10H2,(H,17,19). The molecule has 2 aliphatic heterocycles. The monoisotopic (exact) mass is 292 g/mol. The Balaban J connectivity index is 1.34. The van der Waals surface area contributed by atoms with Gasteiger partial charge in [0, 0.05) is 24.8 Å². The van der Waals surface area contributed by atoms with E-state index in [9.17, 15) is 9.59 Å². The van der Waals surface area contributed by atoms with E-state index in [1.54, 1.807) is 0 Å². The highest BCUT2D eigenvalue weighted by atomic mass is 16.5. The molecule has 2 aliphatic carbocycles. The second-order valence-corrected chi connectivity index (χ2v) is 7.29. The van der Waals surface area contributed by atoms with Crippen molar-refractivity contribution in [3.05, 3.63) is 0 Å². The number of carbonyl (C=O) groups is 2. The highest BCUT2D eigenvalue weighted by Gasteiger charge is 2.53. The van der Waals surface area contributed by atoms with Crippen LogP contribution in [0.4, 0.5) is 0 Å². The Morgan fingerprint density at radius 2 is 1.86 bits per heavy atom. The summed E-state index contributed by atoms with van der Waals surface area (Å²) in [5.74, 6) is 0.965. The van der Waals surface area contributed by atoms with E-state index in [1.807, 2.05) is 4.90 Å². The van der Waals surface area contributed by atoms with Crippen LogP contribution < -0.4 is 5.32 Å². The molecule has 0 aromatic rings. The molecule has 4 rings (SSSR count). The number of nitrogens with one attached hydrogen (secondary N) is 1. The van der Waals surface area contributed by atoms with Gasteiger partial charge in [-0.05, 0) is 25.7 Å². The number of nitrogens with zero attached hydrogens (tertiary/aromatic N) is 1. The smallest absolute Gasteiger partial charge is 0.226 e. The molecule has 2 bridgehead atoms. The molecule has 4 aliphatic rings. The number of fused-ring (bicyclic) bond motifs is 2. The van der Waals surface area contributed by atoms with Crippen LogP contribution in [0.3, 0.4) is 0 Å². The normalized spacial score (nSPS) is 35.4. The summed E-state index contributed by atoms with van der Waals surface area (Å²) in [5.41, 5.74) is -0.316. The Hall–Kier alpha value is -1.10. The maximum atomic E-state index is 12.4. The molecule has 0 aromatic heterocycles. The van der Waals surface area contributed by atoms with Crippen LogP contribution in [0, 0.1) is 11.8 Å². The number of ether oxygens (including phenoxy) is 1. The number of morpholine rings is 1. The summed E-state index contributed by atoms with van der Waals surface area (Å²) < 4.78 is 5.92. The second kappa shape index (κ2) is 4.97. The summed E-state index contributed by atoms with van der Waals surface area (Å²) in [6.07, 6.45) is 7.39. The lowest BCUT2D eigenvalue weighted by Crippen LogP contribution is -2.53. The summed E-state index contributed by atoms with van der Waals surface area (Å²) >= 11 is 0. The zero-order valence-corrected chi connectivity index (χ0v) is 12.5. The van der Waals surface area contributed by atoms with Crippen molar-refractivity contribution in [2.75, 3.05) is 19.7 Å². The molecule has 2 saturated heterocycles. The first-order valence-electron chi connectivity index (χ1n) is 8.39. The van der Waals surface area contributed by atoms with Gasteiger partial charge in [-0.25, -0.2) is 0 Å². The predicted molar refractivity (Wildman–Crippen MR) is 76.5 cm³/mol. The fraction of sp³-hybridized carbons (Fsp3) is 0.875. The van der Waals surface area contributed by atoms with E-state index in [1.165, 1.54) is 12.8 Å². The van der Waals surface area contributed by atoms with Crippen LogP contribution in [0.25, 0.3) is 0 Å². The molecule has 2 saturated carbocycles. The van der Waals surface area contributed by atoms with E-state index in [0.29, 0.717) is 25.6 Å². The van der Waals surface area contributed by atoms with Gasteiger partial charge in [0.1, 0.15) is 5.60 Å². The molecule has 2 amide bonds. The second-order valence-electron chi connectivity index (χ2n) is 7.29. The van der Waals surface area contributed by atoms with Crippen molar-refractivity contribution in [1.82, 2.24) is 10.2 Å². The molecule has 2 unspecified atom stereocenters. The molecule has 2 heterocycles. The minimum Gasteiger partial charge on any atom is -0.369 e. The number of likely N-dealkylation sites (tertiary alicyclic amines) is 1. The first kappa shape index (κ1) is 13.6. The van der Waals surface area contributed by atoms with Gasteiger partial charge in [0.15, 0.2) is 0 Å². The SMILES string of the molecule is O=C(NCC12CC(CO1)N(C(=O)C1CCC1)C2)C1CCC1. The van der Waals surface area contributed by atoms with E-state index in [4.69, 9.17) is 4.74 Å². The number of hydrogen-bond donors (Lipinski definition) is 1. The summed E-state index contributed by atoms with van der Waals surface area (Å²) in [5, 5.41) is 3.06. The number of amides is 2. The van der Waals surface area contributed by atoms with Crippen molar-refractivity contribution < 1.29 is 14.3 Å². The third-order valence-corrected chi connectivity index (χ3v) is 5.89. The topological polar surface area (TPSA) is 58.6 Å². The third kappa shape index (κ3) is 2.26. The number of rotatable bonds is 4. The predicted octanol–water partition coefficient (Wildman–Crippen LogP) is 1.07. The van der Waals surface area contributed by atoms with Gasteiger partial charge < -0.3 is 15.0 Å². The lowest BCUT2D eigenvalue weighted by molar-refractivity contribution is -0.146. The van der Waals surface area contributed by atoms with Gasteiger partial charge in [-0.3, -0.25) is 9.59 Å². The lowest BCUT2D eigenvalue weighted by atomic mass is 9.84. The van der Waals surface area contributed by atoms with Crippen molar-refractivity contribution in [3.63, 3.8) is 0 Å². The van der Waals surface area contributed by atoms with E-state index in [-0.39, 0.29) is 29.4 Å². The van der Waals surface area contributed by atoms with Gasteiger partial charge in [0.05, 0.1) is 19.2 Å². The first-order chi connectivity index (χ1) is 10.2. The first-order valence-corrected chi connectivity index (χ1v) is 8.39. The number of hydrogen-bond acceptors (Lipinski definition) is 3. The Bertz CT molecular complexity index is 458. The van der Waals surface area contributed by atoms with Gasteiger partial charge in [0.25, 0.3) is 0 Å². The van der Waals surface area contributed by atoms with Crippen LogP contribution in [-0.4, -0.2) is 48.1 Å². The molecule has 5 heteroatoms. The van der Waals surface area contributed by atoms with E-state index in [0.717, 1.165) is 32.1 Å². The maximum Gasteiger partial charge on any atom is 0.226 e. The largest absolute Gasteiger partial charge is 0.369 e. The molecule has 0 radical (unpaired) electrons. The van der Waals surface area contributed by atoms with Crippen LogP contribution in [0.2, 0.25) is 0 Å². The molecule has 1 N–H and O–H groups in total. The van der Waals surface area contributed by atoms with Crippen LogP contribution in [0.1, 0.15) is 44.9 Å². The highest BCUT2D eigenvalue weighted by molar-refractivity contribution is 5.81. The zero-order valence-electron chi connectivity index (χ0n) is 12.5. The number of carbonyl (C=O) groups excluding carboxylic acids is 2. The molecule has 21 heavy (non-hydrogen) atoms. The van der Waals surface area contributed by atoms with Gasteiger partial charge in [-0.2, -0.15) is 0 Å². The average molecular weight is 292 g/mol. The molecule has 0 spiro atoms. The zero-order chi connectivity index (χ0) is 14.4. The third-order valence-electron chi connectivity index (χ3n) is 5.89. The molecule has 116 valence electrons. The summed E-state index contributed by atoms with van der Waals surface area (Å²) in [6.45, 7) is 1.86. The molecule has 0 aromatic carbocycles. The minimum absolute atomic E-state index is 0.173. The van der Waals surface area contributed by atoms with E-state index >= 15 is 0 Å². The molecule has 5 nitrogen and oxygen atoms in total. The summed E-state index contributed by atoms with van der Waals surface area (Å²) in [4.78, 5) is 26.5. The van der Waals surface area contributed by atoms with E-state index < -0.39 is 0 Å². The fourth-order valence-corrected chi connectivity index (χ4v) is 3.96. The molecular formula is C16H24N2O3. The van der Waals surface area contributed by atoms with Crippen molar-refractivity contribution in [3.8, 4) is 0 Å². The Labute approximate surface area is 125 Å². The van der Waals surface area contributed by atoms with Crippen LogP contribution >= 0.6 is 0 Å². The lowest BCUT2D eigenvalue weighted by Gasteiger charge is -2.37. The quantitative estimate of drug-likeness (QED) is 0.843. The van der Waals surface area contributed by atoms with Gasteiger partial charge in [-0.1, -0.05) is 12.8 Å². The highest BCUT2D eigenvalue weighted by Crippen LogP contribution is 2.40. The van der Waals surface area contributed by atoms with Crippen LogP contribution in [-0.2, 0) is 14.3 Å². The van der Waals surface area contributed by atoms with Gasteiger partial charge in [0.2, 0.25) is 11.8 Å². The van der Waals surface area contributed by atoms with Crippen LogP contribution in [0.15, 0.2) is 0 Å². The van der Waals surface area contributed by atoms with Crippen LogP contribution in [0.5, 0.6) is 0 Å². The Morgan fingerprint density at radius 3 is 2.48 bits per heavy atom. The molecular weight excluding hydrogens is 268 g/mol. The maximum absolute atomic E-state index is 12.4. The summed E-state index contributed by atoms with van der Waals surface area (Å²) in [6, 6.07) is 0.235. The van der Waals surface area contributed by atoms with Gasteiger partial charge >= 0.3 is 0 Å². The van der Waals surface area contributed by atoms with Gasteiger partial charge in [-0.15, -0.1) is 0 Å². The van der Waals surface area contributed by atoms with Crippen molar-refractivity contribution in [2.45, 2.75) is 56.6 Å². The van der Waals surface area contributed by atoms with Crippen molar-refractivity contribution in [2.24, 2.45) is 11.8 Å². The van der Waals surface area contributed by atoms with Crippen molar-refractivity contribution >= 4 is 11.8 Å². The van der Waals surface area contributed by atoms with Crippen molar-refractivity contribution in [1.29, 1.82) is 0 Å². The Kier molecular flexibility index (Phi) is 3.21. The fourth-order valence-electron chi connectivity index (χ4n) is 3.96. The molecule has 4 fully saturated rings.